The minimum Gasteiger partial charge on any atom is -0.259 e. The van der Waals surface area contributed by atoms with Gasteiger partial charge in [0, 0.05) is 28.4 Å². The number of aromatic nitrogens is 1. The Hall–Kier alpha value is -1.86. The van der Waals surface area contributed by atoms with Crippen molar-refractivity contribution in [3.63, 3.8) is 0 Å². The molecule has 0 radical (unpaired) electrons. The number of rotatable bonds is 0. The van der Waals surface area contributed by atoms with Crippen LogP contribution in [0.25, 0.3) is 10.9 Å². The summed E-state index contributed by atoms with van der Waals surface area (Å²) in [4.78, 5) is 9.77. The first-order valence-corrected chi connectivity index (χ1v) is 5.84. The fraction of sp³-hybridized carbons (Fsp3) is 0.0833. The lowest BCUT2D eigenvalue weighted by Gasteiger charge is -2.09. The SMILES string of the molecule is N#Cc1cnc2cc3c(cc2c1)N=CCS3. The standard InChI is InChI=1S/C12H7N3S/c13-6-8-3-9-4-11-12(16-2-1-14-11)5-10(9)15-7-8/h1,3-5,7H,2H2. The van der Waals surface area contributed by atoms with Gasteiger partial charge >= 0.3 is 0 Å². The van der Waals surface area contributed by atoms with E-state index in [-0.39, 0.29) is 0 Å². The fourth-order valence-electron chi connectivity index (χ4n) is 1.69. The summed E-state index contributed by atoms with van der Waals surface area (Å²) in [6, 6.07) is 7.96. The van der Waals surface area contributed by atoms with Crippen molar-refractivity contribution in [3.8, 4) is 6.07 Å². The van der Waals surface area contributed by atoms with Crippen LogP contribution in [0.1, 0.15) is 5.56 Å². The van der Waals surface area contributed by atoms with E-state index >= 15 is 0 Å². The first-order chi connectivity index (χ1) is 7.86. The molecule has 0 bridgehead atoms. The maximum Gasteiger partial charge on any atom is 0.101 e. The number of pyridine rings is 1. The lowest BCUT2D eigenvalue weighted by Crippen LogP contribution is -1.90. The third-order valence-corrected chi connectivity index (χ3v) is 3.39. The van der Waals surface area contributed by atoms with Crippen molar-refractivity contribution in [2.45, 2.75) is 4.90 Å². The second-order valence-electron chi connectivity index (χ2n) is 3.47. The monoisotopic (exact) mass is 225 g/mol. The number of hydrogen-bond donors (Lipinski definition) is 0. The van der Waals surface area contributed by atoms with Crippen LogP contribution in [0.2, 0.25) is 0 Å². The molecule has 2 heterocycles. The lowest BCUT2D eigenvalue weighted by molar-refractivity contribution is 1.32. The summed E-state index contributed by atoms with van der Waals surface area (Å²) in [5, 5.41) is 9.78. The molecule has 1 aliphatic rings. The van der Waals surface area contributed by atoms with E-state index in [2.05, 4.69) is 16.0 Å². The normalized spacial score (nSPS) is 13.4. The number of nitrogens with zero attached hydrogens (tertiary/aromatic N) is 3. The second kappa shape index (κ2) is 3.62. The largest absolute Gasteiger partial charge is 0.259 e. The molecule has 1 aromatic heterocycles. The molecule has 0 amide bonds. The van der Waals surface area contributed by atoms with Gasteiger partial charge in [-0.3, -0.25) is 9.98 Å². The van der Waals surface area contributed by atoms with Gasteiger partial charge in [0.2, 0.25) is 0 Å². The van der Waals surface area contributed by atoms with E-state index in [1.807, 2.05) is 24.4 Å². The van der Waals surface area contributed by atoms with Crippen molar-refractivity contribution >= 4 is 34.6 Å². The Balaban J connectivity index is 2.29. The van der Waals surface area contributed by atoms with Gasteiger partial charge in [-0.1, -0.05) is 0 Å². The van der Waals surface area contributed by atoms with Crippen LogP contribution in [0.3, 0.4) is 0 Å². The van der Waals surface area contributed by atoms with Crippen molar-refractivity contribution in [1.82, 2.24) is 4.98 Å². The zero-order chi connectivity index (χ0) is 11.0. The summed E-state index contributed by atoms with van der Waals surface area (Å²) in [6.45, 7) is 0. The molecule has 0 saturated carbocycles. The van der Waals surface area contributed by atoms with E-state index in [9.17, 15) is 0 Å². The molecule has 0 spiro atoms. The van der Waals surface area contributed by atoms with Gasteiger partial charge in [0.25, 0.3) is 0 Å². The minimum absolute atomic E-state index is 0.583. The van der Waals surface area contributed by atoms with E-state index in [0.29, 0.717) is 5.56 Å². The topological polar surface area (TPSA) is 49.0 Å². The summed E-state index contributed by atoms with van der Waals surface area (Å²) >= 11 is 1.76. The van der Waals surface area contributed by atoms with E-state index in [0.717, 1.165) is 27.2 Å². The van der Waals surface area contributed by atoms with Crippen LogP contribution < -0.4 is 0 Å². The van der Waals surface area contributed by atoms with Gasteiger partial charge in [0.15, 0.2) is 0 Å². The summed E-state index contributed by atoms with van der Waals surface area (Å²) in [5.41, 5.74) is 2.47. The van der Waals surface area contributed by atoms with Gasteiger partial charge in [-0.25, -0.2) is 0 Å². The molecular weight excluding hydrogens is 218 g/mol. The van der Waals surface area contributed by atoms with Crippen LogP contribution in [-0.4, -0.2) is 17.0 Å². The van der Waals surface area contributed by atoms with Crippen LogP contribution in [-0.2, 0) is 0 Å². The first kappa shape index (κ1) is 9.37. The molecule has 3 nitrogen and oxygen atoms in total. The van der Waals surface area contributed by atoms with Gasteiger partial charge in [-0.15, -0.1) is 11.8 Å². The van der Waals surface area contributed by atoms with Crippen molar-refractivity contribution in [2.75, 3.05) is 5.75 Å². The number of hydrogen-bond acceptors (Lipinski definition) is 4. The molecule has 76 valence electrons. The molecule has 0 N–H and O–H groups in total. The number of fused-ring (bicyclic) bond motifs is 2. The van der Waals surface area contributed by atoms with Gasteiger partial charge in [0.1, 0.15) is 6.07 Å². The van der Waals surface area contributed by atoms with Gasteiger partial charge in [-0.2, -0.15) is 5.26 Å². The molecule has 4 heteroatoms. The molecular formula is C12H7N3S. The Morgan fingerprint density at radius 2 is 2.25 bits per heavy atom. The molecule has 1 aromatic carbocycles. The highest BCUT2D eigenvalue weighted by atomic mass is 32.2. The highest BCUT2D eigenvalue weighted by molar-refractivity contribution is 8.00. The Labute approximate surface area is 96.8 Å². The average molecular weight is 225 g/mol. The third kappa shape index (κ3) is 1.46. The molecule has 0 unspecified atom stereocenters. The first-order valence-electron chi connectivity index (χ1n) is 4.86. The van der Waals surface area contributed by atoms with E-state index in [1.54, 1.807) is 18.0 Å². The molecule has 16 heavy (non-hydrogen) atoms. The number of thioether (sulfide) groups is 1. The van der Waals surface area contributed by atoms with Crippen LogP contribution in [0.5, 0.6) is 0 Å². The Morgan fingerprint density at radius 1 is 1.31 bits per heavy atom. The zero-order valence-corrected chi connectivity index (χ0v) is 9.16. The van der Waals surface area contributed by atoms with E-state index in [1.165, 1.54) is 0 Å². The maximum absolute atomic E-state index is 8.81. The maximum atomic E-state index is 8.81. The predicted octanol–water partition coefficient (Wildman–Crippen LogP) is 2.91. The molecule has 3 rings (SSSR count). The Morgan fingerprint density at radius 3 is 3.12 bits per heavy atom. The molecule has 0 saturated heterocycles. The molecule has 0 atom stereocenters. The highest BCUT2D eigenvalue weighted by Gasteiger charge is 2.08. The minimum atomic E-state index is 0.583. The van der Waals surface area contributed by atoms with Gasteiger partial charge in [-0.05, 0) is 18.2 Å². The van der Waals surface area contributed by atoms with Gasteiger partial charge in [0.05, 0.1) is 16.8 Å². The number of nitriles is 1. The van der Waals surface area contributed by atoms with E-state index < -0.39 is 0 Å². The zero-order valence-electron chi connectivity index (χ0n) is 8.34. The molecule has 0 aliphatic carbocycles. The molecule has 1 aliphatic heterocycles. The number of aliphatic imine (C=N–C) groups is 1. The molecule has 2 aromatic rings. The van der Waals surface area contributed by atoms with Crippen LogP contribution in [0, 0.1) is 11.3 Å². The van der Waals surface area contributed by atoms with Gasteiger partial charge < -0.3 is 0 Å². The molecule has 0 fully saturated rings. The van der Waals surface area contributed by atoms with Crippen molar-refractivity contribution in [3.05, 3.63) is 30.0 Å². The average Bonchev–Trinajstić information content (AvgIpc) is 2.35. The summed E-state index contributed by atoms with van der Waals surface area (Å²) in [7, 11) is 0. The fourth-order valence-corrected chi connectivity index (χ4v) is 2.47. The predicted molar refractivity (Wildman–Crippen MR) is 65.3 cm³/mol. The second-order valence-corrected chi connectivity index (χ2v) is 4.53. The highest BCUT2D eigenvalue weighted by Crippen LogP contribution is 2.35. The lowest BCUT2D eigenvalue weighted by atomic mass is 10.1. The summed E-state index contributed by atoms with van der Waals surface area (Å²) < 4.78 is 0. The van der Waals surface area contributed by atoms with Crippen molar-refractivity contribution in [1.29, 1.82) is 5.26 Å². The quantitative estimate of drug-likeness (QED) is 0.692. The van der Waals surface area contributed by atoms with Crippen molar-refractivity contribution < 1.29 is 0 Å². The Kier molecular flexibility index (Phi) is 2.12. The van der Waals surface area contributed by atoms with Crippen LogP contribution in [0.4, 0.5) is 5.69 Å². The van der Waals surface area contributed by atoms with Crippen molar-refractivity contribution in [2.24, 2.45) is 4.99 Å². The Bertz CT molecular complexity index is 640. The number of benzene rings is 1. The van der Waals surface area contributed by atoms with Crippen LogP contribution >= 0.6 is 11.8 Å². The third-order valence-electron chi connectivity index (χ3n) is 2.43. The summed E-state index contributed by atoms with van der Waals surface area (Å²) in [5.74, 6) is 0.911. The van der Waals surface area contributed by atoms with Crippen LogP contribution in [0.15, 0.2) is 34.3 Å². The smallest absolute Gasteiger partial charge is 0.101 e. The van der Waals surface area contributed by atoms with E-state index in [4.69, 9.17) is 5.26 Å². The summed E-state index contributed by atoms with van der Waals surface area (Å²) in [6.07, 6.45) is 3.51.